The molecular weight excluding hydrogens is 308 g/mol. The molecule has 0 aromatic rings. The van der Waals surface area contributed by atoms with Crippen molar-refractivity contribution >= 4 is 11.9 Å². The van der Waals surface area contributed by atoms with Crippen LogP contribution in [-0.4, -0.2) is 30.9 Å². The Balaban J connectivity index is 2.76. The Kier molecular flexibility index (Phi) is 6.48. The van der Waals surface area contributed by atoms with E-state index in [1.165, 1.54) is 0 Å². The SMILES string of the molecule is CC1C(COC(=O)C(C)(C)C)OC(OC(=O)C(C)(C)C)C(C)C1C. The first-order valence-electron chi connectivity index (χ1n) is 8.79. The monoisotopic (exact) mass is 342 g/mol. The van der Waals surface area contributed by atoms with E-state index in [-0.39, 0.29) is 42.4 Å². The number of hydrogen-bond donors (Lipinski definition) is 0. The van der Waals surface area contributed by atoms with Crippen LogP contribution in [0.5, 0.6) is 0 Å². The van der Waals surface area contributed by atoms with Crippen molar-refractivity contribution < 1.29 is 23.8 Å². The van der Waals surface area contributed by atoms with Crippen LogP contribution in [0.4, 0.5) is 0 Å². The molecule has 0 radical (unpaired) electrons. The van der Waals surface area contributed by atoms with Gasteiger partial charge in [-0.1, -0.05) is 20.8 Å². The molecule has 140 valence electrons. The quantitative estimate of drug-likeness (QED) is 0.730. The van der Waals surface area contributed by atoms with Crippen LogP contribution >= 0.6 is 0 Å². The van der Waals surface area contributed by atoms with Gasteiger partial charge in [0.1, 0.15) is 6.61 Å². The molecule has 0 bridgehead atoms. The van der Waals surface area contributed by atoms with Crippen molar-refractivity contribution in [3.05, 3.63) is 0 Å². The van der Waals surface area contributed by atoms with E-state index in [2.05, 4.69) is 13.8 Å². The Hall–Kier alpha value is -1.10. The van der Waals surface area contributed by atoms with Gasteiger partial charge in [0, 0.05) is 5.92 Å². The second-order valence-corrected chi connectivity index (χ2v) is 9.12. The van der Waals surface area contributed by atoms with E-state index < -0.39 is 17.1 Å². The lowest BCUT2D eigenvalue weighted by molar-refractivity contribution is -0.254. The van der Waals surface area contributed by atoms with Crippen molar-refractivity contribution in [2.75, 3.05) is 6.61 Å². The summed E-state index contributed by atoms with van der Waals surface area (Å²) in [5.74, 6) is 0.0347. The molecule has 5 unspecified atom stereocenters. The van der Waals surface area contributed by atoms with Crippen LogP contribution in [0.2, 0.25) is 0 Å². The summed E-state index contributed by atoms with van der Waals surface area (Å²) in [6.45, 7) is 17.3. The number of rotatable bonds is 3. The zero-order valence-electron chi connectivity index (χ0n) is 16.6. The van der Waals surface area contributed by atoms with Gasteiger partial charge in [0.25, 0.3) is 0 Å². The summed E-state index contributed by atoms with van der Waals surface area (Å²) >= 11 is 0. The lowest BCUT2D eigenvalue weighted by Gasteiger charge is -2.43. The molecule has 0 N–H and O–H groups in total. The molecular formula is C19H34O5. The summed E-state index contributed by atoms with van der Waals surface area (Å²) in [5, 5.41) is 0. The molecule has 0 aromatic carbocycles. The molecule has 24 heavy (non-hydrogen) atoms. The van der Waals surface area contributed by atoms with E-state index in [4.69, 9.17) is 14.2 Å². The van der Waals surface area contributed by atoms with Crippen molar-refractivity contribution in [3.63, 3.8) is 0 Å². The topological polar surface area (TPSA) is 61.8 Å². The van der Waals surface area contributed by atoms with Crippen molar-refractivity contribution in [1.29, 1.82) is 0 Å². The highest BCUT2D eigenvalue weighted by Crippen LogP contribution is 2.36. The van der Waals surface area contributed by atoms with Crippen molar-refractivity contribution in [2.24, 2.45) is 28.6 Å². The smallest absolute Gasteiger partial charge is 0.313 e. The van der Waals surface area contributed by atoms with Gasteiger partial charge in [0.2, 0.25) is 6.29 Å². The van der Waals surface area contributed by atoms with Gasteiger partial charge < -0.3 is 14.2 Å². The molecule has 0 saturated carbocycles. The van der Waals surface area contributed by atoms with Crippen LogP contribution in [0.25, 0.3) is 0 Å². The first kappa shape index (κ1) is 20.9. The molecule has 5 heteroatoms. The Morgan fingerprint density at radius 1 is 0.833 bits per heavy atom. The Morgan fingerprint density at radius 3 is 1.79 bits per heavy atom. The second kappa shape index (κ2) is 7.42. The predicted octanol–water partition coefficient (Wildman–Crippen LogP) is 3.80. The lowest BCUT2D eigenvalue weighted by atomic mass is 9.79. The van der Waals surface area contributed by atoms with E-state index in [1.807, 2.05) is 48.5 Å². The minimum atomic E-state index is -0.610. The maximum absolute atomic E-state index is 12.2. The molecule has 1 fully saturated rings. The van der Waals surface area contributed by atoms with Crippen LogP contribution in [0, 0.1) is 28.6 Å². The first-order valence-corrected chi connectivity index (χ1v) is 8.79. The zero-order chi connectivity index (χ0) is 18.9. The van der Waals surface area contributed by atoms with Crippen LogP contribution in [-0.2, 0) is 23.8 Å². The highest BCUT2D eigenvalue weighted by Gasteiger charge is 2.42. The molecule has 1 aliphatic heterocycles. The van der Waals surface area contributed by atoms with E-state index in [9.17, 15) is 9.59 Å². The summed E-state index contributed by atoms with van der Waals surface area (Å²) < 4.78 is 17.0. The molecule has 1 saturated heterocycles. The maximum Gasteiger partial charge on any atom is 0.313 e. The third-order valence-corrected chi connectivity index (χ3v) is 4.81. The van der Waals surface area contributed by atoms with Gasteiger partial charge in [-0.3, -0.25) is 9.59 Å². The Morgan fingerprint density at radius 2 is 1.33 bits per heavy atom. The van der Waals surface area contributed by atoms with E-state index in [0.717, 1.165) is 0 Å². The fourth-order valence-corrected chi connectivity index (χ4v) is 2.47. The van der Waals surface area contributed by atoms with Gasteiger partial charge in [0.15, 0.2) is 0 Å². The standard InChI is InChI=1S/C19H34O5/c1-11-12(2)14(10-22-16(20)18(4,5)6)23-15(13(11)3)24-17(21)19(7,8)9/h11-15H,10H2,1-9H3. The van der Waals surface area contributed by atoms with Crippen molar-refractivity contribution in [3.8, 4) is 0 Å². The Bertz CT molecular complexity index is 455. The highest BCUT2D eigenvalue weighted by atomic mass is 16.7. The molecule has 1 aliphatic rings. The molecule has 1 rings (SSSR count). The van der Waals surface area contributed by atoms with E-state index >= 15 is 0 Å². The van der Waals surface area contributed by atoms with Crippen LogP contribution < -0.4 is 0 Å². The predicted molar refractivity (Wildman–Crippen MR) is 92.1 cm³/mol. The number of esters is 2. The van der Waals surface area contributed by atoms with Crippen molar-refractivity contribution in [2.45, 2.75) is 74.7 Å². The molecule has 5 nitrogen and oxygen atoms in total. The first-order chi connectivity index (χ1) is 10.7. The normalized spacial score (nSPS) is 31.5. The summed E-state index contributed by atoms with van der Waals surface area (Å²) in [6.07, 6.45) is -0.887. The van der Waals surface area contributed by atoms with Crippen LogP contribution in [0.1, 0.15) is 62.3 Å². The fraction of sp³-hybridized carbons (Fsp3) is 0.895. The molecule has 0 amide bonds. The second-order valence-electron chi connectivity index (χ2n) is 9.12. The minimum Gasteiger partial charge on any atom is -0.463 e. The number of ether oxygens (including phenoxy) is 3. The molecule has 0 aliphatic carbocycles. The van der Waals surface area contributed by atoms with Crippen LogP contribution in [0.15, 0.2) is 0 Å². The van der Waals surface area contributed by atoms with Crippen LogP contribution in [0.3, 0.4) is 0 Å². The largest absolute Gasteiger partial charge is 0.463 e. The summed E-state index contributed by atoms with van der Waals surface area (Å²) in [6, 6.07) is 0. The Labute approximate surface area is 146 Å². The van der Waals surface area contributed by atoms with E-state index in [0.29, 0.717) is 0 Å². The molecule has 5 atom stereocenters. The average molecular weight is 342 g/mol. The van der Waals surface area contributed by atoms with Gasteiger partial charge in [-0.15, -0.1) is 0 Å². The zero-order valence-corrected chi connectivity index (χ0v) is 16.6. The minimum absolute atomic E-state index is 0.0841. The van der Waals surface area contributed by atoms with E-state index in [1.54, 1.807) is 0 Å². The summed E-state index contributed by atoms with van der Waals surface area (Å²) in [5.41, 5.74) is -1.13. The number of carbonyl (C=O) groups is 2. The summed E-state index contributed by atoms with van der Waals surface area (Å²) in [7, 11) is 0. The average Bonchev–Trinajstić information content (AvgIpc) is 2.44. The number of hydrogen-bond acceptors (Lipinski definition) is 5. The van der Waals surface area contributed by atoms with Gasteiger partial charge in [-0.25, -0.2) is 0 Å². The third kappa shape index (κ3) is 5.20. The lowest BCUT2D eigenvalue weighted by Crippen LogP contribution is -2.49. The highest BCUT2D eigenvalue weighted by molar-refractivity contribution is 5.75. The molecule has 0 aromatic heterocycles. The van der Waals surface area contributed by atoms with Gasteiger partial charge in [-0.2, -0.15) is 0 Å². The maximum atomic E-state index is 12.2. The fourth-order valence-electron chi connectivity index (χ4n) is 2.47. The van der Waals surface area contributed by atoms with Crippen molar-refractivity contribution in [1.82, 2.24) is 0 Å². The number of carbonyl (C=O) groups excluding carboxylic acids is 2. The molecule has 0 spiro atoms. The summed E-state index contributed by atoms with van der Waals surface area (Å²) in [4.78, 5) is 24.2. The van der Waals surface area contributed by atoms with Gasteiger partial charge >= 0.3 is 11.9 Å². The van der Waals surface area contributed by atoms with Gasteiger partial charge in [-0.05, 0) is 53.4 Å². The molecule has 1 heterocycles. The van der Waals surface area contributed by atoms with Gasteiger partial charge in [0.05, 0.1) is 16.9 Å². The third-order valence-electron chi connectivity index (χ3n) is 4.81.